The van der Waals surface area contributed by atoms with Gasteiger partial charge in [0.1, 0.15) is 48.6 Å². The SMILES string of the molecule is C=C1[C@H](CO)O[C@H](n2ccc(N)nc2=O)[C@H]1C.C=C1[C@H](CO[Si](C)(C)C(C)(C)C)O[C@H](N2C=CC(=O)CC2=O)[C@H]1C.C=C1[C@H](CO[Si](C)(C)C(C)(C)C)O[C@H](n2ccc(N)nc2=O)[C@H]1C.F.N. The van der Waals surface area contributed by atoms with E-state index in [0.717, 1.165) is 16.7 Å². The highest BCUT2D eigenvalue weighted by Gasteiger charge is 2.45. The predicted molar refractivity (Wildman–Crippen MR) is 264 cm³/mol. The second-order valence-electron chi connectivity index (χ2n) is 20.3. The number of allylic oxidation sites excluding steroid dienone is 1. The van der Waals surface area contributed by atoms with Crippen molar-refractivity contribution < 1.29 is 42.5 Å². The van der Waals surface area contributed by atoms with E-state index in [2.05, 4.69) is 97.4 Å². The minimum atomic E-state index is -1.87. The number of hydrogen-bond acceptors (Lipinski definition) is 15. The average Bonchev–Trinajstić information content (AvgIpc) is 3.76. The van der Waals surface area contributed by atoms with Gasteiger partial charge in [-0.3, -0.25) is 28.3 Å². The van der Waals surface area contributed by atoms with Crippen LogP contribution in [0.3, 0.4) is 0 Å². The molecule has 0 spiro atoms. The Morgan fingerprint density at radius 1 is 0.701 bits per heavy atom. The molecule has 2 aromatic heterocycles. The monoisotopic (exact) mass is 977 g/mol. The molecule has 67 heavy (non-hydrogen) atoms. The number of nitrogen functional groups attached to an aromatic ring is 2. The van der Waals surface area contributed by atoms with Gasteiger partial charge in [-0.2, -0.15) is 9.97 Å². The van der Waals surface area contributed by atoms with Crippen LogP contribution in [0.5, 0.6) is 0 Å². The van der Waals surface area contributed by atoms with Crippen LogP contribution in [0, 0.1) is 17.8 Å². The second-order valence-corrected chi connectivity index (χ2v) is 29.9. The largest absolute Gasteiger partial charge is 0.414 e. The van der Waals surface area contributed by atoms with Crippen molar-refractivity contribution in [2.45, 2.75) is 142 Å². The number of carbonyl (C=O) groups excluding carboxylic acids is 2. The third-order valence-corrected chi connectivity index (χ3v) is 22.7. The first kappa shape index (κ1) is 58.7. The molecule has 21 heteroatoms. The van der Waals surface area contributed by atoms with E-state index in [9.17, 15) is 19.2 Å². The van der Waals surface area contributed by atoms with Gasteiger partial charge < -0.3 is 45.8 Å². The Bertz CT molecular complexity index is 2260. The number of anilines is 2. The lowest BCUT2D eigenvalue weighted by molar-refractivity contribution is -0.145. The first-order valence-electron chi connectivity index (χ1n) is 22.0. The number of aromatic nitrogens is 4. The molecule has 18 nitrogen and oxygen atoms in total. The van der Waals surface area contributed by atoms with Crippen LogP contribution in [0.2, 0.25) is 36.3 Å². The summed E-state index contributed by atoms with van der Waals surface area (Å²) in [6, 6.07) is 3.13. The fourth-order valence-corrected chi connectivity index (χ4v) is 8.94. The highest BCUT2D eigenvalue weighted by molar-refractivity contribution is 6.74. The summed E-state index contributed by atoms with van der Waals surface area (Å²) in [5.41, 5.74) is 12.8. The topological polar surface area (TPSA) is 261 Å². The predicted octanol–water partition coefficient (Wildman–Crippen LogP) is 6.40. The molecule has 0 saturated carbocycles. The quantitative estimate of drug-likeness (QED) is 0.114. The molecule has 0 radical (unpaired) electrons. The van der Waals surface area contributed by atoms with Crippen molar-refractivity contribution in [2.24, 2.45) is 17.8 Å². The molecule has 1 amide bonds. The number of carbonyl (C=O) groups is 2. The standard InChI is InChI=1S/C18H29NO4Si.C17H29N3O3Si.C11H15N3O3.FH.H3N/c1-12-13(2)17(19-9-8-14(20)10-16(19)21)23-15(12)11-22-24(6,7)18(3,4)5;1-11-12(2)15(20-9-8-14(18)19-16(20)21)23-13(11)10-22-24(6,7)17(3,4)5;1-6-7(2)10(17-8(6)5-15)14-4-3-9(12)13-11(14)16;;/h8-9,13,15,17H,1,10-11H2,2-7H3;8-9,12-13,15H,1,10H2,2-7H3,(H2,18,19,21);3-4,7-8,10,15H,1,5H2,2H3,(H2,12,13,16);1H;1H3/t13-,15-,17-;12-,13-,15-;7-,8-,10-;;/m000../s1. The van der Waals surface area contributed by atoms with Crippen LogP contribution in [-0.4, -0.2) is 102 Å². The maximum Gasteiger partial charge on any atom is 0.351 e. The Balaban J connectivity index is 0.000000345. The highest BCUT2D eigenvalue weighted by Crippen LogP contribution is 2.42. The van der Waals surface area contributed by atoms with E-state index < -0.39 is 52.8 Å². The average molecular weight is 977 g/mol. The van der Waals surface area contributed by atoms with Crippen LogP contribution in [0.15, 0.2) is 82.8 Å². The van der Waals surface area contributed by atoms with E-state index in [0.29, 0.717) is 13.2 Å². The Kier molecular flexibility index (Phi) is 19.9. The van der Waals surface area contributed by atoms with Crippen LogP contribution in [0.4, 0.5) is 16.3 Å². The van der Waals surface area contributed by atoms with Gasteiger partial charge in [0.15, 0.2) is 22.4 Å². The molecule has 376 valence electrons. The Morgan fingerprint density at radius 3 is 1.40 bits per heavy atom. The zero-order chi connectivity index (χ0) is 49.1. The van der Waals surface area contributed by atoms with Gasteiger partial charge in [-0.05, 0) is 71.2 Å². The Morgan fingerprint density at radius 2 is 1.06 bits per heavy atom. The molecule has 9 atom stereocenters. The van der Waals surface area contributed by atoms with Crippen molar-refractivity contribution >= 4 is 40.0 Å². The number of hydrogen-bond donors (Lipinski definition) is 4. The van der Waals surface area contributed by atoms with Gasteiger partial charge in [-0.15, -0.1) is 0 Å². The summed E-state index contributed by atoms with van der Waals surface area (Å²) in [5.74, 6) is -0.0687. The summed E-state index contributed by atoms with van der Waals surface area (Å²) in [7, 11) is -3.73. The Labute approximate surface area is 396 Å². The highest BCUT2D eigenvalue weighted by atomic mass is 28.4. The van der Waals surface area contributed by atoms with Gasteiger partial charge in [0, 0.05) is 36.3 Å². The minimum Gasteiger partial charge on any atom is -0.414 e. The number of aliphatic hydroxyl groups is 1. The molecule has 3 saturated heterocycles. The molecule has 6 rings (SSSR count). The van der Waals surface area contributed by atoms with Gasteiger partial charge in [0.05, 0.1) is 26.2 Å². The van der Waals surface area contributed by atoms with Crippen molar-refractivity contribution in [3.05, 3.63) is 94.2 Å². The molecule has 0 unspecified atom stereocenters. The molecule has 6 heterocycles. The fraction of sp³-hybridized carbons (Fsp3) is 0.609. The Hall–Kier alpha value is -4.46. The zero-order valence-corrected chi connectivity index (χ0v) is 43.7. The number of aliphatic hydroxyl groups excluding tert-OH is 1. The lowest BCUT2D eigenvalue weighted by atomic mass is 9.99. The van der Waals surface area contributed by atoms with Gasteiger partial charge in [-0.1, -0.05) is 82.1 Å². The van der Waals surface area contributed by atoms with Gasteiger partial charge in [0.25, 0.3) is 0 Å². The van der Waals surface area contributed by atoms with Crippen LogP contribution in [-0.2, 0) is 32.7 Å². The van der Waals surface area contributed by atoms with Crippen molar-refractivity contribution in [1.29, 1.82) is 0 Å². The smallest absolute Gasteiger partial charge is 0.351 e. The van der Waals surface area contributed by atoms with Gasteiger partial charge in [0.2, 0.25) is 5.91 Å². The summed E-state index contributed by atoms with van der Waals surface area (Å²) >= 11 is 0. The molecule has 0 aromatic carbocycles. The number of ether oxygens (including phenoxy) is 3. The summed E-state index contributed by atoms with van der Waals surface area (Å²) in [5, 5.41) is 9.39. The maximum absolute atomic E-state index is 12.1. The third-order valence-electron chi connectivity index (χ3n) is 13.7. The van der Waals surface area contributed by atoms with E-state index in [1.807, 2.05) is 20.8 Å². The molecule has 3 fully saturated rings. The summed E-state index contributed by atoms with van der Waals surface area (Å²) in [6.07, 6.45) is 3.82. The molecule has 4 aliphatic heterocycles. The first-order valence-corrected chi connectivity index (χ1v) is 27.9. The molecule has 4 aliphatic rings. The number of nitrogens with zero attached hydrogens (tertiary/aromatic N) is 5. The van der Waals surface area contributed by atoms with Crippen LogP contribution < -0.4 is 29.0 Å². The van der Waals surface area contributed by atoms with E-state index in [4.69, 9.17) is 39.6 Å². The van der Waals surface area contributed by atoms with Crippen LogP contribution in [0.1, 0.15) is 81.2 Å². The number of halogens is 1. The summed E-state index contributed by atoms with van der Waals surface area (Å²) < 4.78 is 33.1. The zero-order valence-electron chi connectivity index (χ0n) is 41.7. The normalized spacial score (nSPS) is 26.6. The van der Waals surface area contributed by atoms with Gasteiger partial charge in [-0.25, -0.2) is 9.59 Å². The van der Waals surface area contributed by atoms with Crippen LogP contribution in [0.25, 0.3) is 0 Å². The van der Waals surface area contributed by atoms with Crippen molar-refractivity contribution in [2.75, 3.05) is 31.3 Å². The fourth-order valence-electron chi connectivity index (χ4n) is 6.93. The van der Waals surface area contributed by atoms with E-state index in [1.165, 1.54) is 32.4 Å². The summed E-state index contributed by atoms with van der Waals surface area (Å²) in [4.78, 5) is 56.1. The molecule has 8 N–H and O–H groups in total. The van der Waals surface area contributed by atoms with Crippen molar-refractivity contribution in [3.63, 3.8) is 0 Å². The van der Waals surface area contributed by atoms with E-state index in [-0.39, 0.29) is 87.2 Å². The summed E-state index contributed by atoms with van der Waals surface area (Å²) in [6.45, 7) is 40.9. The molecular weight excluding hydrogens is 900 g/mol. The number of amides is 1. The second kappa shape index (κ2) is 22.8. The first-order chi connectivity index (χ1) is 29.9. The number of rotatable bonds is 10. The number of nitrogens with two attached hydrogens (primary N) is 2. The van der Waals surface area contributed by atoms with E-state index in [1.54, 1.807) is 18.5 Å². The third kappa shape index (κ3) is 13.6. The number of ketones is 1. The van der Waals surface area contributed by atoms with Crippen molar-refractivity contribution in [3.8, 4) is 0 Å². The molecule has 0 aliphatic carbocycles. The van der Waals surface area contributed by atoms with Crippen molar-refractivity contribution in [1.82, 2.24) is 30.2 Å². The van der Waals surface area contributed by atoms with E-state index >= 15 is 0 Å². The van der Waals surface area contributed by atoms with Crippen LogP contribution >= 0.6 is 0 Å². The lowest BCUT2D eigenvalue weighted by Gasteiger charge is -2.37. The molecule has 2 aromatic rings. The minimum absolute atomic E-state index is 0. The maximum atomic E-state index is 12.1. The lowest BCUT2D eigenvalue weighted by Crippen LogP contribution is -2.44. The molecule has 0 bridgehead atoms. The van der Waals surface area contributed by atoms with Gasteiger partial charge >= 0.3 is 11.4 Å². The molecular formula is C46H77FN8O10Si2.